The molecule has 0 saturated carbocycles. The summed E-state index contributed by atoms with van der Waals surface area (Å²) in [6.07, 6.45) is -5.08. The summed E-state index contributed by atoms with van der Waals surface area (Å²) < 4.78 is 31.7. The van der Waals surface area contributed by atoms with E-state index in [0.717, 1.165) is 5.06 Å². The molecule has 0 unspecified atom stereocenters. The smallest absolute Gasteiger partial charge is 0.475 e. The molecule has 96 valence electrons. The highest BCUT2D eigenvalue weighted by Crippen LogP contribution is 2.13. The van der Waals surface area contributed by atoms with Gasteiger partial charge < -0.3 is 10.8 Å². The van der Waals surface area contributed by atoms with Gasteiger partial charge in [-0.2, -0.15) is 13.2 Å². The largest absolute Gasteiger partial charge is 0.490 e. The third-order valence-electron chi connectivity index (χ3n) is 1.22. The highest BCUT2D eigenvalue weighted by atomic mass is 19.4. The molecular weight excluding hydrogens is 233 g/mol. The Balaban J connectivity index is 0. The summed E-state index contributed by atoms with van der Waals surface area (Å²) in [6, 6.07) is -0.491. The summed E-state index contributed by atoms with van der Waals surface area (Å²) in [5.41, 5.74) is 5.24. The summed E-state index contributed by atoms with van der Waals surface area (Å²) in [5, 5.41) is 8.23. The lowest BCUT2D eigenvalue weighted by atomic mass is 10.3. The third-order valence-corrected chi connectivity index (χ3v) is 1.22. The van der Waals surface area contributed by atoms with Crippen LogP contribution in [0.5, 0.6) is 0 Å². The van der Waals surface area contributed by atoms with E-state index >= 15 is 0 Å². The Morgan fingerprint density at radius 2 is 1.75 bits per heavy atom. The van der Waals surface area contributed by atoms with Gasteiger partial charge in [0.15, 0.2) is 0 Å². The first-order chi connectivity index (χ1) is 7.03. The molecule has 0 aliphatic rings. The molecule has 0 saturated heterocycles. The number of carbonyl (C=O) groups excluding carboxylic acids is 1. The number of carbonyl (C=O) groups is 2. The molecule has 0 bridgehead atoms. The van der Waals surface area contributed by atoms with E-state index in [1.807, 2.05) is 0 Å². The van der Waals surface area contributed by atoms with Crippen LogP contribution in [0.4, 0.5) is 13.2 Å². The van der Waals surface area contributed by atoms with Crippen molar-refractivity contribution in [2.24, 2.45) is 5.73 Å². The Bertz CT molecular complexity index is 242. The van der Waals surface area contributed by atoms with Crippen LogP contribution in [0.3, 0.4) is 0 Å². The number of alkyl halides is 3. The Hall–Kier alpha value is -1.35. The van der Waals surface area contributed by atoms with Crippen molar-refractivity contribution < 1.29 is 32.7 Å². The first kappa shape index (κ1) is 17.1. The second-order valence-electron chi connectivity index (χ2n) is 2.61. The normalized spacial score (nSPS) is 12.2. The van der Waals surface area contributed by atoms with Gasteiger partial charge in [0.25, 0.3) is 5.91 Å². The molecule has 0 heterocycles. The van der Waals surface area contributed by atoms with E-state index < -0.39 is 18.2 Å². The van der Waals surface area contributed by atoms with Gasteiger partial charge in [0.1, 0.15) is 0 Å². The van der Waals surface area contributed by atoms with E-state index in [9.17, 15) is 18.0 Å². The number of hydrogen-bond donors (Lipinski definition) is 2. The van der Waals surface area contributed by atoms with Crippen molar-refractivity contribution in [3.05, 3.63) is 0 Å². The standard InChI is InChI=1S/C5H12N2O2.C2HF3O2/c1-4(6)5(8)7(2)9-3;3-2(4,5)1(6)7/h4H,6H2,1-3H3;(H,6,7)/t4-;/m0./s1. The van der Waals surface area contributed by atoms with E-state index in [1.165, 1.54) is 14.2 Å². The predicted molar refractivity (Wildman–Crippen MR) is 47.1 cm³/mol. The molecule has 1 atom stereocenters. The van der Waals surface area contributed by atoms with Gasteiger partial charge >= 0.3 is 12.1 Å². The molecular formula is C7H13F3N2O4. The molecule has 3 N–H and O–H groups in total. The van der Waals surface area contributed by atoms with Gasteiger partial charge in [-0.25, -0.2) is 9.86 Å². The highest BCUT2D eigenvalue weighted by molar-refractivity contribution is 5.79. The summed E-state index contributed by atoms with van der Waals surface area (Å²) >= 11 is 0. The molecule has 1 amide bonds. The van der Waals surface area contributed by atoms with Gasteiger partial charge in [-0.15, -0.1) is 0 Å². The Labute approximate surface area is 89.7 Å². The fraction of sp³-hybridized carbons (Fsp3) is 0.714. The number of likely N-dealkylation sites (N-methyl/N-ethyl adjacent to an activating group) is 1. The van der Waals surface area contributed by atoms with E-state index in [4.69, 9.17) is 15.6 Å². The summed E-state index contributed by atoms with van der Waals surface area (Å²) in [4.78, 5) is 24.2. The van der Waals surface area contributed by atoms with Crippen molar-refractivity contribution >= 4 is 11.9 Å². The van der Waals surface area contributed by atoms with Gasteiger partial charge in [-0.3, -0.25) is 9.63 Å². The van der Waals surface area contributed by atoms with Crippen LogP contribution in [0.25, 0.3) is 0 Å². The maximum Gasteiger partial charge on any atom is 0.490 e. The zero-order valence-electron chi connectivity index (χ0n) is 8.91. The van der Waals surface area contributed by atoms with Crippen LogP contribution in [-0.2, 0) is 14.4 Å². The summed E-state index contributed by atoms with van der Waals surface area (Å²) in [7, 11) is 2.94. The zero-order valence-corrected chi connectivity index (χ0v) is 8.91. The van der Waals surface area contributed by atoms with E-state index in [0.29, 0.717) is 0 Å². The van der Waals surface area contributed by atoms with Crippen LogP contribution >= 0.6 is 0 Å². The number of rotatable bonds is 2. The lowest BCUT2D eigenvalue weighted by molar-refractivity contribution is -0.192. The summed E-state index contributed by atoms with van der Waals surface area (Å²) in [5.74, 6) is -2.98. The minimum atomic E-state index is -5.08. The zero-order chi connectivity index (χ0) is 13.5. The Morgan fingerprint density at radius 1 is 1.44 bits per heavy atom. The number of carboxylic acid groups (broad SMARTS) is 1. The molecule has 0 radical (unpaired) electrons. The molecule has 0 aromatic rings. The predicted octanol–water partition coefficient (Wildman–Crippen LogP) is -0.0133. The van der Waals surface area contributed by atoms with Crippen LogP contribution in [-0.4, -0.2) is 48.4 Å². The number of nitrogens with zero attached hydrogens (tertiary/aromatic N) is 1. The van der Waals surface area contributed by atoms with Gasteiger partial charge in [0.05, 0.1) is 13.2 Å². The van der Waals surface area contributed by atoms with Crippen molar-refractivity contribution in [1.29, 1.82) is 0 Å². The number of halogens is 3. The maximum atomic E-state index is 10.7. The fourth-order valence-corrected chi connectivity index (χ4v) is 0.377. The Kier molecular flexibility index (Phi) is 7.48. The Morgan fingerprint density at radius 3 is 1.81 bits per heavy atom. The number of hydroxylamine groups is 2. The number of aliphatic carboxylic acids is 1. The van der Waals surface area contributed by atoms with Crippen molar-refractivity contribution in [3.63, 3.8) is 0 Å². The monoisotopic (exact) mass is 246 g/mol. The van der Waals surface area contributed by atoms with Crippen molar-refractivity contribution in [3.8, 4) is 0 Å². The lowest BCUT2D eigenvalue weighted by Crippen LogP contribution is -2.38. The molecule has 0 aliphatic heterocycles. The van der Waals surface area contributed by atoms with E-state index in [-0.39, 0.29) is 5.91 Å². The molecule has 9 heteroatoms. The molecule has 0 fully saturated rings. The van der Waals surface area contributed by atoms with Gasteiger partial charge in [-0.1, -0.05) is 0 Å². The number of amides is 1. The van der Waals surface area contributed by atoms with Crippen LogP contribution in [0.1, 0.15) is 6.92 Å². The molecule has 0 rings (SSSR count). The summed E-state index contributed by atoms with van der Waals surface area (Å²) in [6.45, 7) is 1.61. The molecule has 0 aromatic heterocycles. The molecule has 6 nitrogen and oxygen atoms in total. The topological polar surface area (TPSA) is 92.9 Å². The quantitative estimate of drug-likeness (QED) is 0.668. The van der Waals surface area contributed by atoms with Gasteiger partial charge in [0.2, 0.25) is 0 Å². The van der Waals surface area contributed by atoms with Gasteiger partial charge in [-0.05, 0) is 6.92 Å². The number of nitrogens with two attached hydrogens (primary N) is 1. The molecule has 0 aromatic carbocycles. The van der Waals surface area contributed by atoms with Crippen molar-refractivity contribution in [2.45, 2.75) is 19.1 Å². The third kappa shape index (κ3) is 8.00. The second-order valence-corrected chi connectivity index (χ2v) is 2.61. The SMILES string of the molecule is CON(C)C(=O)[C@H](C)N.O=C(O)C(F)(F)F. The molecule has 16 heavy (non-hydrogen) atoms. The highest BCUT2D eigenvalue weighted by Gasteiger charge is 2.38. The first-order valence-corrected chi connectivity index (χ1v) is 3.91. The van der Waals surface area contributed by atoms with Crippen LogP contribution in [0, 0.1) is 0 Å². The molecule has 0 spiro atoms. The van der Waals surface area contributed by atoms with Crippen molar-refractivity contribution in [2.75, 3.05) is 14.2 Å². The van der Waals surface area contributed by atoms with Gasteiger partial charge in [0, 0.05) is 7.05 Å². The van der Waals surface area contributed by atoms with E-state index in [2.05, 4.69) is 4.84 Å². The molecule has 0 aliphatic carbocycles. The fourth-order valence-electron chi connectivity index (χ4n) is 0.377. The first-order valence-electron chi connectivity index (χ1n) is 3.91. The van der Waals surface area contributed by atoms with Crippen LogP contribution in [0.2, 0.25) is 0 Å². The average Bonchev–Trinajstić information content (AvgIpc) is 2.14. The van der Waals surface area contributed by atoms with Crippen molar-refractivity contribution in [1.82, 2.24) is 5.06 Å². The number of hydrogen-bond acceptors (Lipinski definition) is 4. The minimum absolute atomic E-state index is 0.225. The maximum absolute atomic E-state index is 10.7. The minimum Gasteiger partial charge on any atom is -0.475 e. The number of carboxylic acids is 1. The van der Waals surface area contributed by atoms with Crippen LogP contribution in [0.15, 0.2) is 0 Å². The second kappa shape index (κ2) is 7.01. The average molecular weight is 246 g/mol. The van der Waals surface area contributed by atoms with Crippen LogP contribution < -0.4 is 5.73 Å². The van der Waals surface area contributed by atoms with E-state index in [1.54, 1.807) is 6.92 Å². The lowest BCUT2D eigenvalue weighted by Gasteiger charge is -2.15.